The summed E-state index contributed by atoms with van der Waals surface area (Å²) in [5.74, 6) is 1.09. The quantitative estimate of drug-likeness (QED) is 0.653. The van der Waals surface area contributed by atoms with E-state index in [1.54, 1.807) is 0 Å². The van der Waals surface area contributed by atoms with Gasteiger partial charge < -0.3 is 9.64 Å². The number of anilines is 1. The number of rotatable bonds is 1. The maximum atomic E-state index is 5.64. The average molecular weight is 177 g/mol. The molecule has 0 aliphatic carbocycles. The fourth-order valence-corrected chi connectivity index (χ4v) is 1.85. The van der Waals surface area contributed by atoms with Crippen LogP contribution in [0.25, 0.3) is 0 Å². The second kappa shape index (κ2) is 2.95. The maximum Gasteiger partial charge on any atom is 0.161 e. The normalized spacial score (nSPS) is 14.2. The van der Waals surface area contributed by atoms with Gasteiger partial charge in [-0.1, -0.05) is 19.1 Å². The van der Waals surface area contributed by atoms with Crippen molar-refractivity contribution in [3.05, 3.63) is 23.3 Å². The third kappa shape index (κ3) is 1.17. The molecule has 1 heterocycles. The highest BCUT2D eigenvalue weighted by Gasteiger charge is 2.21. The Morgan fingerprint density at radius 2 is 2.23 bits per heavy atom. The largest absolute Gasteiger partial charge is 0.471 e. The van der Waals surface area contributed by atoms with Gasteiger partial charge in [0.05, 0.1) is 5.69 Å². The Hall–Kier alpha value is -1.18. The topological polar surface area (TPSA) is 12.5 Å². The summed E-state index contributed by atoms with van der Waals surface area (Å²) >= 11 is 0. The van der Waals surface area contributed by atoms with Crippen molar-refractivity contribution in [2.75, 3.05) is 18.7 Å². The van der Waals surface area contributed by atoms with Crippen LogP contribution in [0.3, 0.4) is 0 Å². The van der Waals surface area contributed by atoms with Gasteiger partial charge in [0.15, 0.2) is 6.73 Å². The Kier molecular flexibility index (Phi) is 1.91. The highest BCUT2D eigenvalue weighted by Crippen LogP contribution is 2.39. The van der Waals surface area contributed by atoms with Crippen molar-refractivity contribution in [1.82, 2.24) is 0 Å². The van der Waals surface area contributed by atoms with E-state index in [1.165, 1.54) is 16.8 Å². The molecule has 0 bridgehead atoms. The molecule has 70 valence electrons. The second-order valence-corrected chi connectivity index (χ2v) is 3.54. The van der Waals surface area contributed by atoms with Gasteiger partial charge in [-0.15, -0.1) is 0 Å². The van der Waals surface area contributed by atoms with Crippen LogP contribution in [-0.2, 0) is 6.42 Å². The molecule has 0 spiro atoms. The third-order valence-electron chi connectivity index (χ3n) is 2.58. The Morgan fingerprint density at radius 1 is 1.46 bits per heavy atom. The molecule has 0 atom stereocenters. The molecule has 0 radical (unpaired) electrons. The van der Waals surface area contributed by atoms with Gasteiger partial charge in [0.25, 0.3) is 0 Å². The van der Waals surface area contributed by atoms with Crippen molar-refractivity contribution in [3.8, 4) is 5.75 Å². The van der Waals surface area contributed by atoms with Gasteiger partial charge >= 0.3 is 0 Å². The number of hydrogen-bond donors (Lipinski definition) is 0. The van der Waals surface area contributed by atoms with E-state index in [0.29, 0.717) is 6.73 Å². The predicted molar refractivity (Wildman–Crippen MR) is 54.5 cm³/mol. The standard InChI is InChI=1S/C11H15NO/c1-4-9-6-5-8(2)10-11(9)13-7-12(10)3/h5-6H,4,7H2,1-3H3. The summed E-state index contributed by atoms with van der Waals surface area (Å²) in [6.45, 7) is 4.98. The smallest absolute Gasteiger partial charge is 0.161 e. The van der Waals surface area contributed by atoms with Crippen molar-refractivity contribution >= 4 is 5.69 Å². The van der Waals surface area contributed by atoms with Gasteiger partial charge in [-0.3, -0.25) is 0 Å². The molecule has 1 aliphatic rings. The summed E-state index contributed by atoms with van der Waals surface area (Å²) in [5, 5.41) is 0. The summed E-state index contributed by atoms with van der Waals surface area (Å²) in [7, 11) is 2.07. The van der Waals surface area contributed by atoms with Crippen LogP contribution in [0.2, 0.25) is 0 Å². The second-order valence-electron chi connectivity index (χ2n) is 3.54. The molecule has 13 heavy (non-hydrogen) atoms. The van der Waals surface area contributed by atoms with Gasteiger partial charge in [-0.2, -0.15) is 0 Å². The predicted octanol–water partition coefficient (Wildman–Crippen LogP) is 2.34. The van der Waals surface area contributed by atoms with E-state index in [9.17, 15) is 0 Å². The first kappa shape index (κ1) is 8.42. The van der Waals surface area contributed by atoms with E-state index < -0.39 is 0 Å². The number of benzene rings is 1. The molecular formula is C11H15NO. The van der Waals surface area contributed by atoms with Crippen LogP contribution in [0.4, 0.5) is 5.69 Å². The van der Waals surface area contributed by atoms with Crippen molar-refractivity contribution < 1.29 is 4.74 Å². The minimum atomic E-state index is 0.688. The zero-order valence-electron chi connectivity index (χ0n) is 8.42. The maximum absolute atomic E-state index is 5.64. The van der Waals surface area contributed by atoms with E-state index in [4.69, 9.17) is 4.74 Å². The summed E-state index contributed by atoms with van der Waals surface area (Å²) in [6, 6.07) is 4.33. The molecule has 0 saturated heterocycles. The molecule has 1 aromatic carbocycles. The SMILES string of the molecule is CCc1ccc(C)c2c1OCN2C. The molecule has 2 rings (SSSR count). The molecule has 2 nitrogen and oxygen atoms in total. The summed E-state index contributed by atoms with van der Waals surface area (Å²) < 4.78 is 5.64. The Balaban J connectivity index is 2.59. The minimum absolute atomic E-state index is 0.688. The van der Waals surface area contributed by atoms with Crippen LogP contribution >= 0.6 is 0 Å². The van der Waals surface area contributed by atoms with E-state index in [2.05, 4.69) is 37.9 Å². The van der Waals surface area contributed by atoms with Crippen LogP contribution in [0.5, 0.6) is 5.75 Å². The van der Waals surface area contributed by atoms with Crippen LogP contribution in [0.1, 0.15) is 18.1 Å². The van der Waals surface area contributed by atoms with Gasteiger partial charge in [0.2, 0.25) is 0 Å². The zero-order chi connectivity index (χ0) is 9.42. The molecule has 0 amide bonds. The van der Waals surface area contributed by atoms with Crippen LogP contribution in [0.15, 0.2) is 12.1 Å². The van der Waals surface area contributed by atoms with Gasteiger partial charge in [-0.05, 0) is 24.5 Å². The molecule has 0 aromatic heterocycles. The van der Waals surface area contributed by atoms with Crippen LogP contribution in [-0.4, -0.2) is 13.8 Å². The number of ether oxygens (including phenoxy) is 1. The van der Waals surface area contributed by atoms with Gasteiger partial charge in [-0.25, -0.2) is 0 Å². The lowest BCUT2D eigenvalue weighted by atomic mass is 10.1. The first-order valence-electron chi connectivity index (χ1n) is 4.70. The van der Waals surface area contributed by atoms with Crippen molar-refractivity contribution in [3.63, 3.8) is 0 Å². The van der Waals surface area contributed by atoms with Gasteiger partial charge in [0, 0.05) is 7.05 Å². The van der Waals surface area contributed by atoms with Crippen molar-refractivity contribution in [2.45, 2.75) is 20.3 Å². The number of aryl methyl sites for hydroxylation is 2. The number of hydrogen-bond acceptors (Lipinski definition) is 2. The molecule has 2 heteroatoms. The summed E-state index contributed by atoms with van der Waals surface area (Å²) in [4.78, 5) is 2.16. The van der Waals surface area contributed by atoms with E-state index in [0.717, 1.165) is 12.2 Å². The fourth-order valence-electron chi connectivity index (χ4n) is 1.85. The molecule has 0 N–H and O–H groups in total. The molecule has 0 saturated carbocycles. The lowest BCUT2D eigenvalue weighted by Crippen LogP contribution is -2.15. The van der Waals surface area contributed by atoms with Gasteiger partial charge in [0.1, 0.15) is 5.75 Å². The van der Waals surface area contributed by atoms with E-state index >= 15 is 0 Å². The zero-order valence-corrected chi connectivity index (χ0v) is 8.42. The fraction of sp³-hybridized carbons (Fsp3) is 0.455. The minimum Gasteiger partial charge on any atom is -0.471 e. The third-order valence-corrected chi connectivity index (χ3v) is 2.58. The Morgan fingerprint density at radius 3 is 2.92 bits per heavy atom. The first-order chi connectivity index (χ1) is 6.24. The van der Waals surface area contributed by atoms with Crippen LogP contribution < -0.4 is 9.64 Å². The lowest BCUT2D eigenvalue weighted by molar-refractivity contribution is 0.350. The van der Waals surface area contributed by atoms with Crippen LogP contribution in [0, 0.1) is 6.92 Å². The Bertz CT molecular complexity index is 333. The summed E-state index contributed by atoms with van der Waals surface area (Å²) in [6.07, 6.45) is 1.04. The lowest BCUT2D eigenvalue weighted by Gasteiger charge is -2.11. The molecule has 1 aliphatic heterocycles. The van der Waals surface area contributed by atoms with Crippen molar-refractivity contribution in [1.29, 1.82) is 0 Å². The highest BCUT2D eigenvalue weighted by atomic mass is 16.5. The molecular weight excluding hydrogens is 162 g/mol. The van der Waals surface area contributed by atoms with E-state index in [1.807, 2.05) is 0 Å². The highest BCUT2D eigenvalue weighted by molar-refractivity contribution is 5.68. The Labute approximate surface area is 79.1 Å². The monoisotopic (exact) mass is 177 g/mol. The number of fused-ring (bicyclic) bond motifs is 1. The molecule has 1 aromatic rings. The first-order valence-corrected chi connectivity index (χ1v) is 4.70. The molecule has 0 unspecified atom stereocenters. The average Bonchev–Trinajstić information content (AvgIpc) is 2.50. The molecule has 0 fully saturated rings. The van der Waals surface area contributed by atoms with E-state index in [-0.39, 0.29) is 0 Å². The number of nitrogens with zero attached hydrogens (tertiary/aromatic N) is 1. The van der Waals surface area contributed by atoms with Crippen molar-refractivity contribution in [2.24, 2.45) is 0 Å². The summed E-state index contributed by atoms with van der Waals surface area (Å²) in [5.41, 5.74) is 3.87.